The summed E-state index contributed by atoms with van der Waals surface area (Å²) in [4.78, 5) is 4.56. The first-order valence-electron chi connectivity index (χ1n) is 7.26. The molecule has 0 saturated heterocycles. The highest BCUT2D eigenvalue weighted by Gasteiger charge is 2.26. The van der Waals surface area contributed by atoms with Gasteiger partial charge in [0.2, 0.25) is 0 Å². The van der Waals surface area contributed by atoms with E-state index < -0.39 is 5.83 Å². The highest BCUT2D eigenvalue weighted by molar-refractivity contribution is 5.54. The molecule has 0 aliphatic heterocycles. The van der Waals surface area contributed by atoms with Crippen molar-refractivity contribution in [1.82, 2.24) is 19.7 Å². The molecule has 6 heteroatoms. The lowest BCUT2D eigenvalue weighted by molar-refractivity contribution is 0.669. The fourth-order valence-corrected chi connectivity index (χ4v) is 2.25. The number of aromatic nitrogens is 4. The lowest BCUT2D eigenvalue weighted by Gasteiger charge is -2.08. The number of nitrogens with zero attached hydrogens (tertiary/aromatic N) is 4. The third kappa shape index (κ3) is 3.39. The van der Waals surface area contributed by atoms with E-state index >= 15 is 0 Å². The Morgan fingerprint density at radius 2 is 2.32 bits per heavy atom. The molecule has 0 aromatic carbocycles. The molecule has 3 rings (SSSR count). The van der Waals surface area contributed by atoms with Gasteiger partial charge >= 0.3 is 0 Å². The zero-order valence-electron chi connectivity index (χ0n) is 12.5. The molecule has 2 aromatic rings. The highest BCUT2D eigenvalue weighted by atomic mass is 19.1. The minimum Gasteiger partial charge on any atom is -0.366 e. The van der Waals surface area contributed by atoms with Gasteiger partial charge in [-0.3, -0.25) is 0 Å². The van der Waals surface area contributed by atoms with Crippen molar-refractivity contribution in [3.63, 3.8) is 0 Å². The van der Waals surface area contributed by atoms with Crippen LogP contribution in [0.2, 0.25) is 0 Å². The van der Waals surface area contributed by atoms with Crippen molar-refractivity contribution in [2.45, 2.75) is 25.8 Å². The molecule has 114 valence electrons. The van der Waals surface area contributed by atoms with Crippen LogP contribution in [0, 0.1) is 0 Å². The molecule has 2 aromatic heterocycles. The van der Waals surface area contributed by atoms with Gasteiger partial charge in [-0.2, -0.15) is 0 Å². The number of hydrogen-bond donors (Lipinski definition) is 1. The largest absolute Gasteiger partial charge is 0.366 e. The van der Waals surface area contributed by atoms with Crippen LogP contribution in [0.3, 0.4) is 0 Å². The van der Waals surface area contributed by atoms with Crippen molar-refractivity contribution >= 4 is 5.82 Å². The molecule has 0 unspecified atom stereocenters. The first-order chi connectivity index (χ1) is 10.6. The molecule has 1 saturated carbocycles. The van der Waals surface area contributed by atoms with E-state index in [9.17, 15) is 4.39 Å². The zero-order chi connectivity index (χ0) is 15.5. The second-order valence-corrected chi connectivity index (χ2v) is 5.49. The smallest absolute Gasteiger partial charge is 0.182 e. The average molecular weight is 299 g/mol. The molecule has 0 bridgehead atoms. The molecular formula is C16H18FN5. The van der Waals surface area contributed by atoms with E-state index in [1.54, 1.807) is 6.33 Å². The van der Waals surface area contributed by atoms with Crippen molar-refractivity contribution in [2.24, 2.45) is 0 Å². The van der Waals surface area contributed by atoms with Gasteiger partial charge in [0, 0.05) is 12.6 Å². The summed E-state index contributed by atoms with van der Waals surface area (Å²) in [5.74, 6) is 1.06. The molecule has 0 spiro atoms. The van der Waals surface area contributed by atoms with Gasteiger partial charge in [0.25, 0.3) is 0 Å². The molecule has 0 atom stereocenters. The van der Waals surface area contributed by atoms with E-state index in [0.29, 0.717) is 12.6 Å². The molecule has 22 heavy (non-hydrogen) atoms. The Balaban J connectivity index is 1.75. The van der Waals surface area contributed by atoms with Gasteiger partial charge in [-0.05, 0) is 38.0 Å². The Morgan fingerprint density at radius 1 is 1.50 bits per heavy atom. The standard InChI is InChI=1S/C16H18FN5/c1-11(8-12(2)17)9-18-15-5-3-4-14(20-15)16-21-19-10-22(16)13-6-7-13/h3-5,8,10,13H,2,6-7,9H2,1H3,(H,18,20)/b11-8+. The predicted octanol–water partition coefficient (Wildman–Crippen LogP) is 3.52. The van der Waals surface area contributed by atoms with E-state index in [-0.39, 0.29) is 0 Å². The van der Waals surface area contributed by atoms with Gasteiger partial charge < -0.3 is 9.88 Å². The summed E-state index contributed by atoms with van der Waals surface area (Å²) < 4.78 is 14.8. The summed E-state index contributed by atoms with van der Waals surface area (Å²) in [6, 6.07) is 6.21. The van der Waals surface area contributed by atoms with Crippen LogP contribution in [0.15, 0.2) is 48.6 Å². The number of hydrogen-bond acceptors (Lipinski definition) is 4. The maximum Gasteiger partial charge on any atom is 0.182 e. The first-order valence-corrected chi connectivity index (χ1v) is 7.26. The van der Waals surface area contributed by atoms with Crippen molar-refractivity contribution in [3.05, 3.63) is 48.6 Å². The van der Waals surface area contributed by atoms with Crippen molar-refractivity contribution in [3.8, 4) is 11.5 Å². The fourth-order valence-electron chi connectivity index (χ4n) is 2.25. The van der Waals surface area contributed by atoms with Crippen LogP contribution in [0.5, 0.6) is 0 Å². The molecule has 0 radical (unpaired) electrons. The van der Waals surface area contributed by atoms with E-state index in [1.807, 2.05) is 25.1 Å². The minimum absolute atomic E-state index is 0.446. The predicted molar refractivity (Wildman–Crippen MR) is 84.0 cm³/mol. The quantitative estimate of drug-likeness (QED) is 0.829. The Bertz CT molecular complexity index is 715. The van der Waals surface area contributed by atoms with E-state index in [2.05, 4.69) is 31.6 Å². The number of pyridine rings is 1. The van der Waals surface area contributed by atoms with E-state index in [0.717, 1.165) is 22.9 Å². The van der Waals surface area contributed by atoms with Crippen LogP contribution in [0.1, 0.15) is 25.8 Å². The summed E-state index contributed by atoms with van der Waals surface area (Å²) in [5, 5.41) is 11.3. The zero-order valence-corrected chi connectivity index (χ0v) is 12.5. The molecule has 1 fully saturated rings. The van der Waals surface area contributed by atoms with Crippen molar-refractivity contribution < 1.29 is 4.39 Å². The van der Waals surface area contributed by atoms with Gasteiger partial charge in [0.1, 0.15) is 23.7 Å². The second-order valence-electron chi connectivity index (χ2n) is 5.49. The third-order valence-corrected chi connectivity index (χ3v) is 3.44. The van der Waals surface area contributed by atoms with Crippen molar-refractivity contribution in [2.75, 3.05) is 11.9 Å². The Hall–Kier alpha value is -2.50. The molecule has 1 aliphatic carbocycles. The number of anilines is 1. The normalized spacial score (nSPS) is 14.9. The Morgan fingerprint density at radius 3 is 3.05 bits per heavy atom. The molecule has 0 amide bonds. The van der Waals surface area contributed by atoms with Crippen LogP contribution in [-0.2, 0) is 0 Å². The lowest BCUT2D eigenvalue weighted by atomic mass is 10.2. The molecular weight excluding hydrogens is 281 g/mol. The number of rotatable bonds is 6. The van der Waals surface area contributed by atoms with Gasteiger partial charge in [-0.15, -0.1) is 10.2 Å². The van der Waals surface area contributed by atoms with Crippen molar-refractivity contribution in [1.29, 1.82) is 0 Å². The summed E-state index contributed by atoms with van der Waals surface area (Å²) >= 11 is 0. The topological polar surface area (TPSA) is 55.6 Å². The first kappa shape index (κ1) is 14.4. The van der Waals surface area contributed by atoms with Gasteiger partial charge in [-0.1, -0.05) is 18.2 Å². The lowest BCUT2D eigenvalue weighted by Crippen LogP contribution is -2.05. The number of halogens is 1. The summed E-state index contributed by atoms with van der Waals surface area (Å²) in [6.07, 6.45) is 5.50. The maximum absolute atomic E-state index is 12.7. The van der Waals surface area contributed by atoms with E-state index in [1.165, 1.54) is 18.9 Å². The van der Waals surface area contributed by atoms with Crippen LogP contribution < -0.4 is 5.32 Å². The Kier molecular flexibility index (Phi) is 4.00. The molecule has 1 N–H and O–H groups in total. The van der Waals surface area contributed by atoms with Crippen LogP contribution in [0.4, 0.5) is 10.2 Å². The van der Waals surface area contributed by atoms with Crippen LogP contribution in [0.25, 0.3) is 11.5 Å². The molecule has 1 aliphatic rings. The summed E-state index contributed by atoms with van der Waals surface area (Å²) in [5.41, 5.74) is 1.63. The van der Waals surface area contributed by atoms with E-state index in [4.69, 9.17) is 0 Å². The summed E-state index contributed by atoms with van der Waals surface area (Å²) in [6.45, 7) is 5.57. The fraction of sp³-hybridized carbons (Fsp3) is 0.312. The molecule has 5 nitrogen and oxygen atoms in total. The number of nitrogens with one attached hydrogen (secondary N) is 1. The SMILES string of the molecule is C=C(F)/C=C(\C)CNc1cccc(-c2nncn2C2CC2)n1. The van der Waals surface area contributed by atoms with Crippen LogP contribution in [-0.4, -0.2) is 26.3 Å². The van der Waals surface area contributed by atoms with Gasteiger partial charge in [-0.25, -0.2) is 9.37 Å². The average Bonchev–Trinajstić information content (AvgIpc) is 3.22. The van der Waals surface area contributed by atoms with Crippen LogP contribution >= 0.6 is 0 Å². The maximum atomic E-state index is 12.7. The summed E-state index contributed by atoms with van der Waals surface area (Å²) in [7, 11) is 0. The molecule has 2 heterocycles. The van der Waals surface area contributed by atoms with Gasteiger partial charge in [0.05, 0.1) is 0 Å². The number of allylic oxidation sites excluding steroid dienone is 2. The third-order valence-electron chi connectivity index (χ3n) is 3.44. The highest BCUT2D eigenvalue weighted by Crippen LogP contribution is 2.37. The Labute approximate surface area is 128 Å². The minimum atomic E-state index is -0.446. The van der Waals surface area contributed by atoms with Gasteiger partial charge in [0.15, 0.2) is 5.82 Å². The monoisotopic (exact) mass is 299 g/mol. The second kappa shape index (κ2) is 6.09.